The van der Waals surface area contributed by atoms with Crippen LogP contribution < -0.4 is 10.6 Å². The van der Waals surface area contributed by atoms with Crippen molar-refractivity contribution in [1.82, 2.24) is 29.5 Å². The smallest absolute Gasteiger partial charge is 0.321 e. The minimum atomic E-state index is -0.406. The van der Waals surface area contributed by atoms with Crippen LogP contribution in [0.15, 0.2) is 55.2 Å². The molecule has 3 amide bonds. The number of amides is 3. The van der Waals surface area contributed by atoms with Gasteiger partial charge in [0, 0.05) is 31.9 Å². The maximum absolute atomic E-state index is 13.3. The van der Waals surface area contributed by atoms with Gasteiger partial charge in [0.15, 0.2) is 5.82 Å². The Labute approximate surface area is 184 Å². The van der Waals surface area contributed by atoms with Crippen LogP contribution in [0.3, 0.4) is 0 Å². The fourth-order valence-electron chi connectivity index (χ4n) is 3.42. The number of hydrogen-bond donors (Lipinski definition) is 2. The molecule has 4 rings (SSSR count). The van der Waals surface area contributed by atoms with E-state index in [0.29, 0.717) is 43.4 Å². The predicted octanol–water partition coefficient (Wildman–Crippen LogP) is 1.98. The summed E-state index contributed by atoms with van der Waals surface area (Å²) in [6.45, 7) is 3.86. The zero-order valence-electron chi connectivity index (χ0n) is 17.5. The van der Waals surface area contributed by atoms with Crippen LogP contribution in [0.1, 0.15) is 6.92 Å². The monoisotopic (exact) mass is 438 g/mol. The van der Waals surface area contributed by atoms with Crippen LogP contribution in [-0.4, -0.2) is 73.7 Å². The fourth-order valence-corrected chi connectivity index (χ4v) is 3.42. The Hall–Kier alpha value is -3.86. The van der Waals surface area contributed by atoms with E-state index in [9.17, 15) is 14.0 Å². The molecule has 0 saturated carbocycles. The Bertz CT molecular complexity index is 1070. The van der Waals surface area contributed by atoms with Gasteiger partial charge in [0.2, 0.25) is 5.91 Å². The quantitative estimate of drug-likeness (QED) is 0.631. The van der Waals surface area contributed by atoms with Gasteiger partial charge in [-0.05, 0) is 37.3 Å². The van der Waals surface area contributed by atoms with Crippen molar-refractivity contribution in [2.45, 2.75) is 13.0 Å². The lowest BCUT2D eigenvalue weighted by Gasteiger charge is -2.37. The Kier molecular flexibility index (Phi) is 6.36. The molecule has 0 bridgehead atoms. The lowest BCUT2D eigenvalue weighted by atomic mass is 10.2. The first-order valence-corrected chi connectivity index (χ1v) is 10.2. The minimum absolute atomic E-state index is 0.216. The Morgan fingerprint density at radius 1 is 1.06 bits per heavy atom. The normalized spacial score (nSPS) is 15.2. The molecule has 2 N–H and O–H groups in total. The van der Waals surface area contributed by atoms with E-state index in [1.54, 1.807) is 48.6 Å². The van der Waals surface area contributed by atoms with Crippen molar-refractivity contribution in [2.75, 3.05) is 36.8 Å². The topological polar surface area (TPSA) is 108 Å². The number of carbonyl (C=O) groups is 2. The van der Waals surface area contributed by atoms with E-state index in [0.717, 1.165) is 0 Å². The molecule has 3 aromatic rings. The lowest BCUT2D eigenvalue weighted by molar-refractivity contribution is -0.121. The van der Waals surface area contributed by atoms with E-state index in [4.69, 9.17) is 0 Å². The second-order valence-electron chi connectivity index (χ2n) is 7.37. The number of rotatable bonds is 5. The van der Waals surface area contributed by atoms with Gasteiger partial charge in [-0.1, -0.05) is 6.07 Å². The average Bonchev–Trinajstić information content (AvgIpc) is 3.34. The van der Waals surface area contributed by atoms with Crippen molar-refractivity contribution < 1.29 is 14.0 Å². The zero-order chi connectivity index (χ0) is 22.5. The molecule has 1 saturated heterocycles. The first-order chi connectivity index (χ1) is 15.5. The summed E-state index contributed by atoms with van der Waals surface area (Å²) < 4.78 is 14.8. The van der Waals surface area contributed by atoms with Gasteiger partial charge >= 0.3 is 6.03 Å². The van der Waals surface area contributed by atoms with Gasteiger partial charge < -0.3 is 15.5 Å². The van der Waals surface area contributed by atoms with Crippen molar-refractivity contribution in [1.29, 1.82) is 0 Å². The molecule has 1 aliphatic heterocycles. The molecule has 166 valence electrons. The lowest BCUT2D eigenvalue weighted by Crippen LogP contribution is -2.54. The standard InChI is InChI=1S/C21H23FN8O2/c1-15(20(31)26-17-4-2-3-16(22)11-17)28-7-9-29(10-8-28)21(32)27-18-5-6-19(24-12-18)30-14-23-13-25-30/h2-6,11-15H,7-10H2,1H3,(H,26,31)(H,27,32)/t15-/m0/s1. The number of hydrogen-bond acceptors (Lipinski definition) is 6. The summed E-state index contributed by atoms with van der Waals surface area (Å²) in [5.41, 5.74) is 0.993. The van der Waals surface area contributed by atoms with Crippen molar-refractivity contribution >= 4 is 23.3 Å². The van der Waals surface area contributed by atoms with Crippen LogP contribution in [0.25, 0.3) is 5.82 Å². The molecule has 32 heavy (non-hydrogen) atoms. The van der Waals surface area contributed by atoms with Crippen LogP contribution >= 0.6 is 0 Å². The van der Waals surface area contributed by atoms with E-state index in [1.165, 1.54) is 23.1 Å². The Morgan fingerprint density at radius 2 is 1.88 bits per heavy atom. The van der Waals surface area contributed by atoms with E-state index >= 15 is 0 Å². The predicted molar refractivity (Wildman–Crippen MR) is 116 cm³/mol. The van der Waals surface area contributed by atoms with Crippen molar-refractivity contribution in [3.8, 4) is 5.82 Å². The second kappa shape index (κ2) is 9.52. The third-order valence-electron chi connectivity index (χ3n) is 5.27. The average molecular weight is 438 g/mol. The highest BCUT2D eigenvalue weighted by molar-refractivity contribution is 5.94. The number of pyridine rings is 1. The molecule has 11 heteroatoms. The number of piperazine rings is 1. The molecule has 0 radical (unpaired) electrons. The van der Waals surface area contributed by atoms with Gasteiger partial charge in [-0.2, -0.15) is 5.10 Å². The van der Waals surface area contributed by atoms with Gasteiger partial charge in [0.05, 0.1) is 17.9 Å². The molecule has 0 spiro atoms. The van der Waals surface area contributed by atoms with Crippen LogP contribution in [0.4, 0.5) is 20.6 Å². The van der Waals surface area contributed by atoms with Crippen LogP contribution in [0.2, 0.25) is 0 Å². The van der Waals surface area contributed by atoms with E-state index < -0.39 is 11.9 Å². The number of halogens is 1. The summed E-state index contributed by atoms with van der Waals surface area (Å²) in [4.78, 5) is 36.9. The van der Waals surface area contributed by atoms with Gasteiger partial charge in [0.25, 0.3) is 0 Å². The summed E-state index contributed by atoms with van der Waals surface area (Å²) in [6.07, 6.45) is 4.52. The Balaban J connectivity index is 1.26. The first-order valence-electron chi connectivity index (χ1n) is 10.2. The molecule has 10 nitrogen and oxygen atoms in total. The zero-order valence-corrected chi connectivity index (χ0v) is 17.5. The third-order valence-corrected chi connectivity index (χ3v) is 5.27. The number of nitrogens with zero attached hydrogens (tertiary/aromatic N) is 6. The number of aromatic nitrogens is 4. The third kappa shape index (κ3) is 5.06. The van der Waals surface area contributed by atoms with E-state index in [-0.39, 0.29) is 11.9 Å². The van der Waals surface area contributed by atoms with Crippen LogP contribution in [0.5, 0.6) is 0 Å². The molecular weight excluding hydrogens is 415 g/mol. The number of carbonyl (C=O) groups excluding carboxylic acids is 2. The van der Waals surface area contributed by atoms with Crippen molar-refractivity contribution in [3.05, 3.63) is 61.1 Å². The molecule has 1 aromatic carbocycles. The fraction of sp³-hybridized carbons (Fsp3) is 0.286. The largest absolute Gasteiger partial charge is 0.325 e. The van der Waals surface area contributed by atoms with E-state index in [2.05, 4.69) is 25.7 Å². The molecule has 1 fully saturated rings. The van der Waals surface area contributed by atoms with E-state index in [1.807, 2.05) is 4.90 Å². The maximum atomic E-state index is 13.3. The summed E-state index contributed by atoms with van der Waals surface area (Å²) >= 11 is 0. The molecule has 0 aliphatic carbocycles. The van der Waals surface area contributed by atoms with Crippen LogP contribution in [-0.2, 0) is 4.79 Å². The minimum Gasteiger partial charge on any atom is -0.325 e. The summed E-state index contributed by atoms with van der Waals surface area (Å²) in [6, 6.07) is 8.64. The molecule has 2 aromatic heterocycles. The number of anilines is 2. The highest BCUT2D eigenvalue weighted by Crippen LogP contribution is 2.14. The summed E-state index contributed by atoms with van der Waals surface area (Å²) in [5.74, 6) is -0.0232. The number of urea groups is 1. The maximum Gasteiger partial charge on any atom is 0.321 e. The second-order valence-corrected chi connectivity index (χ2v) is 7.37. The Morgan fingerprint density at radius 3 is 2.53 bits per heavy atom. The van der Waals surface area contributed by atoms with Gasteiger partial charge in [-0.15, -0.1) is 0 Å². The molecule has 1 atom stereocenters. The van der Waals surface area contributed by atoms with Crippen molar-refractivity contribution in [2.24, 2.45) is 0 Å². The first kappa shape index (κ1) is 21.4. The SMILES string of the molecule is C[C@@H](C(=O)Nc1cccc(F)c1)N1CCN(C(=O)Nc2ccc(-n3cncn3)nc2)CC1. The molecule has 3 heterocycles. The van der Waals surface area contributed by atoms with Crippen molar-refractivity contribution in [3.63, 3.8) is 0 Å². The molecule has 0 unspecified atom stereocenters. The molecular formula is C21H23FN8O2. The van der Waals surface area contributed by atoms with Gasteiger partial charge in [-0.3, -0.25) is 9.69 Å². The van der Waals surface area contributed by atoms with Crippen LogP contribution in [0, 0.1) is 5.82 Å². The number of nitrogens with one attached hydrogen (secondary N) is 2. The highest BCUT2D eigenvalue weighted by Gasteiger charge is 2.27. The van der Waals surface area contributed by atoms with Gasteiger partial charge in [-0.25, -0.2) is 23.8 Å². The highest BCUT2D eigenvalue weighted by atomic mass is 19.1. The summed E-state index contributed by atoms with van der Waals surface area (Å²) in [5, 5.41) is 9.57. The molecule has 1 aliphatic rings. The summed E-state index contributed by atoms with van der Waals surface area (Å²) in [7, 11) is 0. The number of benzene rings is 1. The van der Waals surface area contributed by atoms with Gasteiger partial charge in [0.1, 0.15) is 18.5 Å².